The van der Waals surface area contributed by atoms with Gasteiger partial charge in [-0.2, -0.15) is 0 Å². The first-order valence-electron chi connectivity index (χ1n) is 8.44. The van der Waals surface area contributed by atoms with Gasteiger partial charge in [-0.1, -0.05) is 60.2 Å². The highest BCUT2D eigenvalue weighted by Crippen LogP contribution is 2.29. The molecule has 4 nitrogen and oxygen atoms in total. The maximum atomic E-state index is 12.7. The third kappa shape index (κ3) is 3.79. The van der Waals surface area contributed by atoms with Crippen molar-refractivity contribution in [2.45, 2.75) is 25.8 Å². The smallest absolute Gasteiger partial charge is 0.326 e. The zero-order chi connectivity index (χ0) is 17.8. The number of ketones is 1. The van der Waals surface area contributed by atoms with E-state index >= 15 is 0 Å². The summed E-state index contributed by atoms with van der Waals surface area (Å²) >= 11 is 0. The lowest BCUT2D eigenvalue weighted by molar-refractivity contribution is -0.141. The van der Waals surface area contributed by atoms with Crippen molar-refractivity contribution >= 4 is 17.4 Å². The molecule has 2 aromatic rings. The molecule has 0 bridgehead atoms. The van der Waals surface area contributed by atoms with Crippen molar-refractivity contribution in [3.05, 3.63) is 77.4 Å². The summed E-state index contributed by atoms with van der Waals surface area (Å²) in [6.45, 7) is 2.61. The molecule has 1 aliphatic heterocycles. The lowest BCUT2D eigenvalue weighted by Crippen LogP contribution is -2.35. The van der Waals surface area contributed by atoms with Crippen molar-refractivity contribution in [2.24, 2.45) is 0 Å². The summed E-state index contributed by atoms with van der Waals surface area (Å²) in [7, 11) is 0. The van der Waals surface area contributed by atoms with Gasteiger partial charge < -0.3 is 10.0 Å². The second kappa shape index (κ2) is 7.34. The van der Waals surface area contributed by atoms with Gasteiger partial charge in [0.1, 0.15) is 6.04 Å². The van der Waals surface area contributed by atoms with E-state index in [4.69, 9.17) is 0 Å². The van der Waals surface area contributed by atoms with Crippen LogP contribution in [0.2, 0.25) is 0 Å². The molecular weight excluding hydrogens is 314 g/mol. The Hall–Kier alpha value is -2.88. The Kier molecular flexibility index (Phi) is 4.98. The quantitative estimate of drug-likeness (QED) is 0.667. The molecule has 3 rings (SSSR count). The molecule has 1 atom stereocenters. The van der Waals surface area contributed by atoms with Crippen LogP contribution in [0.1, 0.15) is 34.3 Å². The molecule has 1 heterocycles. The van der Waals surface area contributed by atoms with Crippen LogP contribution in [0.5, 0.6) is 0 Å². The van der Waals surface area contributed by atoms with Crippen molar-refractivity contribution in [2.75, 3.05) is 6.54 Å². The molecule has 1 fully saturated rings. The predicted molar refractivity (Wildman–Crippen MR) is 97.3 cm³/mol. The van der Waals surface area contributed by atoms with Gasteiger partial charge in [-0.05, 0) is 25.3 Å². The second-order valence-corrected chi connectivity index (χ2v) is 6.32. The van der Waals surface area contributed by atoms with Gasteiger partial charge >= 0.3 is 5.97 Å². The van der Waals surface area contributed by atoms with Crippen LogP contribution >= 0.6 is 0 Å². The third-order valence-corrected chi connectivity index (χ3v) is 4.52. The number of carbonyl (C=O) groups excluding carboxylic acids is 1. The second-order valence-electron chi connectivity index (χ2n) is 6.32. The first-order chi connectivity index (χ1) is 12.1. The number of nitrogens with zero attached hydrogens (tertiary/aromatic N) is 1. The fourth-order valence-corrected chi connectivity index (χ4v) is 3.18. The molecule has 4 heteroatoms. The van der Waals surface area contributed by atoms with E-state index in [2.05, 4.69) is 0 Å². The number of rotatable bonds is 5. The van der Waals surface area contributed by atoms with Gasteiger partial charge in [-0.15, -0.1) is 0 Å². The molecule has 1 saturated heterocycles. The topological polar surface area (TPSA) is 57.6 Å². The Balaban J connectivity index is 2.00. The summed E-state index contributed by atoms with van der Waals surface area (Å²) in [5.74, 6) is -0.961. The number of carbonyl (C=O) groups is 2. The molecular formula is C21H21NO3. The lowest BCUT2D eigenvalue weighted by atomic mass is 10.0. The van der Waals surface area contributed by atoms with Crippen LogP contribution < -0.4 is 0 Å². The maximum Gasteiger partial charge on any atom is 0.326 e. The largest absolute Gasteiger partial charge is 0.480 e. The molecule has 0 spiro atoms. The lowest BCUT2D eigenvalue weighted by Gasteiger charge is -2.27. The number of hydrogen-bond donors (Lipinski definition) is 1. The van der Waals surface area contributed by atoms with Crippen LogP contribution in [0.4, 0.5) is 0 Å². The monoisotopic (exact) mass is 335 g/mol. The molecule has 1 aliphatic rings. The van der Waals surface area contributed by atoms with E-state index in [1.807, 2.05) is 54.3 Å². The Morgan fingerprint density at radius 3 is 2.36 bits per heavy atom. The molecule has 1 N–H and O–H groups in total. The van der Waals surface area contributed by atoms with E-state index in [0.29, 0.717) is 24.2 Å². The number of carboxylic acid groups (broad SMARTS) is 1. The first kappa shape index (κ1) is 17.0. The van der Waals surface area contributed by atoms with E-state index in [1.54, 1.807) is 18.2 Å². The molecule has 0 aromatic heterocycles. The number of aliphatic carboxylic acids is 1. The van der Waals surface area contributed by atoms with Crippen molar-refractivity contribution in [1.29, 1.82) is 0 Å². The first-order valence-corrected chi connectivity index (χ1v) is 8.44. The van der Waals surface area contributed by atoms with E-state index in [-0.39, 0.29) is 5.78 Å². The van der Waals surface area contributed by atoms with Crippen molar-refractivity contribution < 1.29 is 14.7 Å². The van der Waals surface area contributed by atoms with Crippen molar-refractivity contribution in [3.8, 4) is 0 Å². The van der Waals surface area contributed by atoms with Crippen LogP contribution in [0.25, 0.3) is 5.70 Å². The number of likely N-dealkylation sites (tertiary alicyclic amines) is 1. The zero-order valence-corrected chi connectivity index (χ0v) is 14.2. The molecule has 0 amide bonds. The normalized spacial score (nSPS) is 17.6. The molecule has 25 heavy (non-hydrogen) atoms. The van der Waals surface area contributed by atoms with Gasteiger partial charge in [0.25, 0.3) is 0 Å². The summed E-state index contributed by atoms with van der Waals surface area (Å²) in [6, 6.07) is 16.3. The van der Waals surface area contributed by atoms with Crippen molar-refractivity contribution in [1.82, 2.24) is 4.90 Å². The minimum absolute atomic E-state index is 0.116. The number of hydrogen-bond acceptors (Lipinski definition) is 3. The minimum Gasteiger partial charge on any atom is -0.480 e. The Morgan fingerprint density at radius 2 is 1.72 bits per heavy atom. The van der Waals surface area contributed by atoms with Gasteiger partial charge in [-0.3, -0.25) is 4.79 Å². The number of carboxylic acids is 1. The Bertz CT molecular complexity index is 794. The van der Waals surface area contributed by atoms with E-state index < -0.39 is 12.0 Å². The number of aryl methyl sites for hydroxylation is 1. The minimum atomic E-state index is -0.845. The third-order valence-electron chi connectivity index (χ3n) is 4.52. The summed E-state index contributed by atoms with van der Waals surface area (Å²) < 4.78 is 0. The van der Waals surface area contributed by atoms with E-state index in [9.17, 15) is 14.7 Å². The Morgan fingerprint density at radius 1 is 1.04 bits per heavy atom. The molecule has 0 unspecified atom stereocenters. The average Bonchev–Trinajstić information content (AvgIpc) is 3.10. The van der Waals surface area contributed by atoms with Gasteiger partial charge in [0.05, 0.1) is 0 Å². The molecule has 2 aromatic carbocycles. The SMILES string of the molecule is Cc1ccc(C(=O)/C=C(/c2ccccc2)N2CCC[C@H]2C(=O)O)cc1. The summed E-state index contributed by atoms with van der Waals surface area (Å²) in [6.07, 6.45) is 2.97. The van der Waals surface area contributed by atoms with Gasteiger partial charge in [0.2, 0.25) is 0 Å². The molecule has 0 aliphatic carbocycles. The van der Waals surface area contributed by atoms with Crippen LogP contribution in [-0.4, -0.2) is 34.3 Å². The average molecular weight is 335 g/mol. The van der Waals surface area contributed by atoms with Crippen LogP contribution in [-0.2, 0) is 4.79 Å². The predicted octanol–water partition coefficient (Wildman–Crippen LogP) is 3.77. The Labute approximate surface area is 147 Å². The van der Waals surface area contributed by atoms with E-state index in [1.165, 1.54) is 0 Å². The van der Waals surface area contributed by atoms with Crippen LogP contribution in [0.3, 0.4) is 0 Å². The zero-order valence-electron chi connectivity index (χ0n) is 14.2. The van der Waals surface area contributed by atoms with Crippen LogP contribution in [0, 0.1) is 6.92 Å². The van der Waals surface area contributed by atoms with Gasteiger partial charge in [-0.25, -0.2) is 4.79 Å². The standard InChI is InChI=1S/C21H21NO3/c1-15-9-11-17(12-10-15)20(23)14-19(16-6-3-2-4-7-16)22-13-5-8-18(22)21(24)25/h2-4,6-7,9-12,14,18H,5,8,13H2,1H3,(H,24,25)/b19-14-/t18-/m0/s1. The summed E-state index contributed by atoms with van der Waals surface area (Å²) in [4.78, 5) is 26.1. The van der Waals surface area contributed by atoms with Crippen molar-refractivity contribution in [3.63, 3.8) is 0 Å². The van der Waals surface area contributed by atoms with E-state index in [0.717, 1.165) is 17.5 Å². The summed E-state index contributed by atoms with van der Waals surface area (Å²) in [5.41, 5.74) is 3.23. The highest BCUT2D eigenvalue weighted by molar-refractivity contribution is 6.08. The highest BCUT2D eigenvalue weighted by atomic mass is 16.4. The molecule has 0 saturated carbocycles. The summed E-state index contributed by atoms with van der Waals surface area (Å²) in [5, 5.41) is 9.51. The molecule has 0 radical (unpaired) electrons. The number of allylic oxidation sites excluding steroid dienone is 1. The maximum absolute atomic E-state index is 12.7. The number of benzene rings is 2. The van der Waals surface area contributed by atoms with Crippen LogP contribution in [0.15, 0.2) is 60.7 Å². The van der Waals surface area contributed by atoms with Gasteiger partial charge in [0.15, 0.2) is 5.78 Å². The fraction of sp³-hybridized carbons (Fsp3) is 0.238. The fourth-order valence-electron chi connectivity index (χ4n) is 3.18. The van der Waals surface area contributed by atoms with Gasteiger partial charge in [0, 0.05) is 23.9 Å². The molecule has 128 valence electrons. The highest BCUT2D eigenvalue weighted by Gasteiger charge is 2.32.